The zero-order chi connectivity index (χ0) is 24.5. The van der Waals surface area contributed by atoms with Crippen LogP contribution in [-0.2, 0) is 16.6 Å². The average Bonchev–Trinajstić information content (AvgIpc) is 3.23. The van der Waals surface area contributed by atoms with E-state index in [0.29, 0.717) is 16.9 Å². The number of hydrazine groups is 1. The Hall–Kier alpha value is -3.67. The molecule has 0 fully saturated rings. The van der Waals surface area contributed by atoms with Crippen LogP contribution in [-0.4, -0.2) is 27.4 Å². The molecule has 4 N–H and O–H groups in total. The van der Waals surface area contributed by atoms with E-state index in [1.165, 1.54) is 49.5 Å². The first-order chi connectivity index (χ1) is 16.2. The van der Waals surface area contributed by atoms with Crippen molar-refractivity contribution >= 4 is 50.6 Å². The van der Waals surface area contributed by atoms with Gasteiger partial charge in [0.1, 0.15) is 5.82 Å². The largest absolute Gasteiger partial charge is 0.341 e. The van der Waals surface area contributed by atoms with E-state index in [4.69, 9.17) is 11.6 Å². The third-order valence-corrected chi connectivity index (χ3v) is 7.03. The summed E-state index contributed by atoms with van der Waals surface area (Å²) in [6.45, 7) is 0.248. The van der Waals surface area contributed by atoms with Crippen LogP contribution < -0.4 is 25.8 Å². The maximum absolute atomic E-state index is 14.1. The molecule has 0 radical (unpaired) electrons. The highest BCUT2D eigenvalue weighted by atomic mass is 35.5. The number of urea groups is 1. The summed E-state index contributed by atoms with van der Waals surface area (Å²) in [4.78, 5) is 24.0. The molecule has 0 aliphatic carbocycles. The first kappa shape index (κ1) is 23.5. The molecule has 176 valence electrons. The number of halogens is 2. The molecule has 1 aliphatic rings. The molecule has 0 unspecified atom stereocenters. The first-order valence-electron chi connectivity index (χ1n) is 9.96. The van der Waals surface area contributed by atoms with Gasteiger partial charge in [0.2, 0.25) is 0 Å². The number of hydrogen-bond donors (Lipinski definition) is 4. The lowest BCUT2D eigenvalue weighted by molar-refractivity contribution is 0.102. The summed E-state index contributed by atoms with van der Waals surface area (Å²) in [5.41, 5.74) is 4.19. The van der Waals surface area contributed by atoms with Crippen molar-refractivity contribution in [3.63, 3.8) is 0 Å². The Morgan fingerprint density at radius 1 is 1.03 bits per heavy atom. The van der Waals surface area contributed by atoms with Gasteiger partial charge in [-0.25, -0.2) is 14.6 Å². The Balaban J connectivity index is 1.59. The van der Waals surface area contributed by atoms with Crippen LogP contribution in [0.4, 0.5) is 26.2 Å². The molecule has 0 bridgehead atoms. The molecule has 34 heavy (non-hydrogen) atoms. The fraction of sp³-hybridized carbons (Fsp3) is 0.0909. The minimum Gasteiger partial charge on any atom is -0.341 e. The van der Waals surface area contributed by atoms with Crippen molar-refractivity contribution in [3.05, 3.63) is 82.6 Å². The number of amides is 3. The highest BCUT2D eigenvalue weighted by molar-refractivity contribution is 7.92. The van der Waals surface area contributed by atoms with E-state index in [0.717, 1.165) is 10.5 Å². The summed E-state index contributed by atoms with van der Waals surface area (Å²) >= 11 is 5.96. The number of carbonyl (C=O) groups excluding carboxylic acids is 2. The van der Waals surface area contributed by atoms with E-state index in [1.807, 2.05) is 0 Å². The first-order valence-corrected chi connectivity index (χ1v) is 11.8. The van der Waals surface area contributed by atoms with E-state index >= 15 is 0 Å². The highest BCUT2D eigenvalue weighted by Crippen LogP contribution is 2.33. The molecule has 9 nitrogen and oxygen atoms in total. The van der Waals surface area contributed by atoms with Crippen LogP contribution in [0.1, 0.15) is 15.9 Å². The number of fused-ring (bicyclic) bond motifs is 1. The molecule has 0 spiro atoms. The van der Waals surface area contributed by atoms with Gasteiger partial charge in [0.25, 0.3) is 15.9 Å². The van der Waals surface area contributed by atoms with Crippen molar-refractivity contribution in [2.75, 3.05) is 22.1 Å². The van der Waals surface area contributed by atoms with Gasteiger partial charge in [-0.15, -0.1) is 0 Å². The van der Waals surface area contributed by atoms with Gasteiger partial charge < -0.3 is 16.0 Å². The number of sulfonamides is 1. The van der Waals surface area contributed by atoms with Crippen LogP contribution in [0.2, 0.25) is 5.02 Å². The normalized spacial score (nSPS) is 12.7. The van der Waals surface area contributed by atoms with Crippen molar-refractivity contribution in [2.45, 2.75) is 11.4 Å². The summed E-state index contributed by atoms with van der Waals surface area (Å²) in [5, 5.41) is 7.47. The van der Waals surface area contributed by atoms with Crippen LogP contribution in [0, 0.1) is 5.82 Å². The quantitative estimate of drug-likeness (QED) is 0.423. The zero-order valence-corrected chi connectivity index (χ0v) is 19.3. The third-order valence-electron chi connectivity index (χ3n) is 5.04. The summed E-state index contributed by atoms with van der Waals surface area (Å²) in [6, 6.07) is 13.9. The summed E-state index contributed by atoms with van der Waals surface area (Å²) in [5.74, 6) is -1.53. The fourth-order valence-corrected chi connectivity index (χ4v) is 4.96. The number of anilines is 3. The molecule has 0 atom stereocenters. The Kier molecular flexibility index (Phi) is 6.42. The maximum atomic E-state index is 14.1. The molecule has 0 saturated carbocycles. The predicted octanol–water partition coefficient (Wildman–Crippen LogP) is 3.70. The second kappa shape index (κ2) is 9.29. The molecule has 1 aliphatic heterocycles. The second-order valence-corrected chi connectivity index (χ2v) is 9.42. The number of nitrogens with one attached hydrogen (secondary N) is 4. The number of benzene rings is 3. The molecular formula is C22H19ClFN5O4S. The second-order valence-electron chi connectivity index (χ2n) is 7.23. The molecule has 3 aromatic rings. The van der Waals surface area contributed by atoms with Gasteiger partial charge in [-0.2, -0.15) is 12.8 Å². The Morgan fingerprint density at radius 2 is 1.74 bits per heavy atom. The van der Waals surface area contributed by atoms with Crippen molar-refractivity contribution in [2.24, 2.45) is 0 Å². The van der Waals surface area contributed by atoms with Crippen LogP contribution in [0.5, 0.6) is 0 Å². The van der Waals surface area contributed by atoms with Crippen molar-refractivity contribution in [1.82, 2.24) is 10.7 Å². The summed E-state index contributed by atoms with van der Waals surface area (Å²) in [7, 11) is -2.55. The maximum Gasteiger partial charge on any atom is 0.318 e. The monoisotopic (exact) mass is 503 g/mol. The van der Waals surface area contributed by atoms with Crippen molar-refractivity contribution < 1.29 is 22.4 Å². The molecule has 3 aromatic carbocycles. The molecule has 12 heteroatoms. The lowest BCUT2D eigenvalue weighted by atomic mass is 10.1. The van der Waals surface area contributed by atoms with E-state index < -0.39 is 27.8 Å². The average molecular weight is 504 g/mol. The molecule has 0 aromatic heterocycles. The molecule has 4 rings (SSSR count). The van der Waals surface area contributed by atoms with E-state index in [9.17, 15) is 22.4 Å². The van der Waals surface area contributed by atoms with Crippen LogP contribution >= 0.6 is 11.6 Å². The Labute approximate surface area is 199 Å². The highest BCUT2D eigenvalue weighted by Gasteiger charge is 2.31. The standard InChI is InChI=1S/C22H19ClFN5O4S/c1-25-22(31)28-14-7-9-16(10-8-14)34(32,33)29-19-11-15(6-5-13(19)12-26-29)27-21(30)20-17(23)3-2-4-18(20)24/h2-11,26H,12H2,1H3,(H,27,30)(H2,25,28,31). The van der Waals surface area contributed by atoms with Gasteiger partial charge in [0.15, 0.2) is 0 Å². The minimum atomic E-state index is -4.01. The predicted molar refractivity (Wildman–Crippen MR) is 127 cm³/mol. The van der Waals surface area contributed by atoms with E-state index in [2.05, 4.69) is 21.4 Å². The van der Waals surface area contributed by atoms with Crippen LogP contribution in [0.15, 0.2) is 65.6 Å². The lowest BCUT2D eigenvalue weighted by Gasteiger charge is -2.20. The summed E-state index contributed by atoms with van der Waals surface area (Å²) in [6.07, 6.45) is 0. The van der Waals surface area contributed by atoms with Gasteiger partial charge in [-0.05, 0) is 54.1 Å². The molecular weight excluding hydrogens is 485 g/mol. The fourth-order valence-electron chi connectivity index (χ4n) is 3.35. The number of hydrogen-bond acceptors (Lipinski definition) is 5. The van der Waals surface area contributed by atoms with E-state index in [-0.39, 0.29) is 27.7 Å². The summed E-state index contributed by atoms with van der Waals surface area (Å²) < 4.78 is 41.6. The Morgan fingerprint density at radius 3 is 2.41 bits per heavy atom. The van der Waals surface area contributed by atoms with Crippen LogP contribution in [0.3, 0.4) is 0 Å². The molecule has 1 heterocycles. The van der Waals surface area contributed by atoms with Crippen molar-refractivity contribution in [3.8, 4) is 0 Å². The minimum absolute atomic E-state index is 0.0112. The van der Waals surface area contributed by atoms with Gasteiger partial charge >= 0.3 is 6.03 Å². The van der Waals surface area contributed by atoms with Gasteiger partial charge in [-0.3, -0.25) is 4.79 Å². The Bertz CT molecular complexity index is 1360. The van der Waals surface area contributed by atoms with Crippen LogP contribution in [0.25, 0.3) is 0 Å². The third kappa shape index (κ3) is 4.53. The number of nitrogens with zero attached hydrogens (tertiary/aromatic N) is 1. The molecule has 3 amide bonds. The number of rotatable bonds is 5. The lowest BCUT2D eigenvalue weighted by Crippen LogP contribution is -2.38. The topological polar surface area (TPSA) is 120 Å². The molecule has 0 saturated heterocycles. The van der Waals surface area contributed by atoms with E-state index in [1.54, 1.807) is 12.1 Å². The SMILES string of the molecule is CNC(=O)Nc1ccc(S(=O)(=O)N2NCc3ccc(NC(=O)c4c(F)cccc4Cl)cc32)cc1. The van der Waals surface area contributed by atoms with Gasteiger partial charge in [0.05, 0.1) is 21.2 Å². The van der Waals surface area contributed by atoms with Gasteiger partial charge in [-0.1, -0.05) is 23.7 Å². The zero-order valence-electron chi connectivity index (χ0n) is 17.7. The number of carbonyl (C=O) groups is 2. The smallest absolute Gasteiger partial charge is 0.318 e. The van der Waals surface area contributed by atoms with Gasteiger partial charge in [0, 0.05) is 25.0 Å². The van der Waals surface area contributed by atoms with Crippen molar-refractivity contribution in [1.29, 1.82) is 0 Å².